The fraction of sp³-hybridized carbons (Fsp3) is 0.211. The molecule has 1 aromatic carbocycles. The maximum absolute atomic E-state index is 14.9. The Morgan fingerprint density at radius 2 is 2.13 bits per heavy atom. The third-order valence-electron chi connectivity index (χ3n) is 4.92. The molecule has 31 heavy (non-hydrogen) atoms. The Kier molecular flexibility index (Phi) is 4.58. The first-order valence-electron chi connectivity index (χ1n) is 9.39. The summed E-state index contributed by atoms with van der Waals surface area (Å²) >= 11 is 0. The van der Waals surface area contributed by atoms with Gasteiger partial charge in [0.2, 0.25) is 0 Å². The predicted molar refractivity (Wildman–Crippen MR) is 105 cm³/mol. The van der Waals surface area contributed by atoms with Crippen LogP contribution in [0.25, 0.3) is 22.6 Å². The van der Waals surface area contributed by atoms with Gasteiger partial charge in [0, 0.05) is 30.6 Å². The fourth-order valence-electron chi connectivity index (χ4n) is 3.40. The monoisotopic (exact) mass is 421 g/mol. The number of benzene rings is 1. The molecule has 1 aliphatic rings. The molecule has 1 fully saturated rings. The molecule has 1 aliphatic heterocycles. The van der Waals surface area contributed by atoms with Crippen molar-refractivity contribution in [3.8, 4) is 22.6 Å². The van der Waals surface area contributed by atoms with E-state index in [2.05, 4.69) is 30.8 Å². The van der Waals surface area contributed by atoms with Crippen LogP contribution >= 0.6 is 0 Å². The van der Waals surface area contributed by atoms with Crippen LogP contribution in [0.2, 0.25) is 0 Å². The van der Waals surface area contributed by atoms with Gasteiger partial charge in [0.05, 0.1) is 25.0 Å². The van der Waals surface area contributed by atoms with Crippen molar-refractivity contribution in [2.45, 2.75) is 12.6 Å². The van der Waals surface area contributed by atoms with Crippen molar-refractivity contribution in [3.63, 3.8) is 0 Å². The first-order chi connectivity index (χ1) is 15.1. The maximum Gasteiger partial charge on any atom is 0.414 e. The van der Waals surface area contributed by atoms with Gasteiger partial charge in [-0.3, -0.25) is 9.88 Å². The molecule has 0 saturated carbocycles. The molecule has 5 rings (SSSR count). The Bertz CT molecular complexity index is 1220. The highest BCUT2D eigenvalue weighted by molar-refractivity contribution is 5.90. The molecule has 1 saturated heterocycles. The first kappa shape index (κ1) is 18.8. The molecule has 12 heteroatoms. The van der Waals surface area contributed by atoms with E-state index in [4.69, 9.17) is 4.74 Å². The Morgan fingerprint density at radius 3 is 2.81 bits per heavy atom. The van der Waals surface area contributed by atoms with E-state index in [0.29, 0.717) is 41.4 Å². The van der Waals surface area contributed by atoms with Crippen molar-refractivity contribution in [2.75, 3.05) is 11.4 Å². The number of carbonyl (C=O) groups excluding carboxylic acids is 1. The van der Waals surface area contributed by atoms with Crippen LogP contribution in [0.4, 0.5) is 14.9 Å². The number of aryl methyl sites for hydroxylation is 1. The van der Waals surface area contributed by atoms with E-state index >= 15 is 0 Å². The third kappa shape index (κ3) is 3.58. The van der Waals surface area contributed by atoms with Crippen molar-refractivity contribution in [3.05, 3.63) is 54.7 Å². The molecule has 1 amide bonds. The number of rotatable bonds is 5. The predicted octanol–water partition coefficient (Wildman–Crippen LogP) is 1.70. The number of hydrogen-bond donors (Lipinski definition) is 0. The summed E-state index contributed by atoms with van der Waals surface area (Å²) in [5, 5.41) is 18.9. The largest absolute Gasteiger partial charge is 0.442 e. The van der Waals surface area contributed by atoms with Gasteiger partial charge in [-0.15, -0.1) is 10.2 Å². The second kappa shape index (κ2) is 7.55. The number of anilines is 1. The molecule has 1 atom stereocenters. The van der Waals surface area contributed by atoms with E-state index in [9.17, 15) is 9.18 Å². The van der Waals surface area contributed by atoms with E-state index < -0.39 is 18.0 Å². The highest BCUT2D eigenvalue weighted by atomic mass is 19.1. The summed E-state index contributed by atoms with van der Waals surface area (Å²) in [6.07, 6.45) is 3.86. The van der Waals surface area contributed by atoms with Crippen molar-refractivity contribution in [1.29, 1.82) is 0 Å². The molecule has 0 N–H and O–H groups in total. The Morgan fingerprint density at radius 1 is 1.23 bits per heavy atom. The lowest BCUT2D eigenvalue weighted by molar-refractivity contribution is 0.129. The molecule has 0 aliphatic carbocycles. The molecule has 0 bridgehead atoms. The Balaban J connectivity index is 1.34. The van der Waals surface area contributed by atoms with Crippen LogP contribution in [-0.2, 0) is 18.3 Å². The van der Waals surface area contributed by atoms with Crippen molar-refractivity contribution in [2.24, 2.45) is 7.05 Å². The van der Waals surface area contributed by atoms with Gasteiger partial charge in [-0.25, -0.2) is 18.5 Å². The van der Waals surface area contributed by atoms with Gasteiger partial charge in [-0.05, 0) is 34.7 Å². The average Bonchev–Trinajstić information content (AvgIpc) is 3.50. The molecule has 156 valence electrons. The summed E-state index contributed by atoms with van der Waals surface area (Å²) < 4.78 is 23.3. The van der Waals surface area contributed by atoms with Gasteiger partial charge < -0.3 is 4.74 Å². The molecular formula is C19H16FN9O2. The lowest BCUT2D eigenvalue weighted by Crippen LogP contribution is -2.26. The Labute approximate surface area is 175 Å². The number of halogens is 1. The highest BCUT2D eigenvalue weighted by Crippen LogP contribution is 2.29. The first-order valence-corrected chi connectivity index (χ1v) is 9.39. The molecule has 0 spiro atoms. The van der Waals surface area contributed by atoms with Crippen molar-refractivity contribution in [1.82, 2.24) is 40.2 Å². The van der Waals surface area contributed by atoms with Gasteiger partial charge in [0.1, 0.15) is 17.6 Å². The average molecular weight is 421 g/mol. The van der Waals surface area contributed by atoms with Gasteiger partial charge in [0.25, 0.3) is 0 Å². The standard InChI is InChI=1S/C19H16FN9O2/c1-27-18(23-24-26-27)17-5-2-12(9-21-17)15-4-3-13(8-16(15)20)29-11-14(31-19(29)30)10-28-7-6-22-25-28/h2-9,14H,10-11H2,1H3/t14-/m0/s1. The van der Waals surface area contributed by atoms with Crippen LogP contribution in [0.1, 0.15) is 0 Å². The second-order valence-corrected chi connectivity index (χ2v) is 6.96. The fourth-order valence-corrected chi connectivity index (χ4v) is 3.40. The van der Waals surface area contributed by atoms with Crippen LogP contribution < -0.4 is 4.90 Å². The summed E-state index contributed by atoms with van der Waals surface area (Å²) in [7, 11) is 1.71. The normalized spacial score (nSPS) is 16.0. The van der Waals surface area contributed by atoms with Crippen LogP contribution in [0.5, 0.6) is 0 Å². The summed E-state index contributed by atoms with van der Waals surface area (Å²) in [5.74, 6) is 0.0373. The number of aromatic nitrogens is 8. The molecule has 3 aromatic heterocycles. The maximum atomic E-state index is 14.9. The molecule has 0 unspecified atom stereocenters. The zero-order valence-corrected chi connectivity index (χ0v) is 16.3. The number of carbonyl (C=O) groups is 1. The number of ether oxygens (including phenoxy) is 1. The summed E-state index contributed by atoms with van der Waals surface area (Å²) in [6, 6.07) is 8.07. The lowest BCUT2D eigenvalue weighted by Gasteiger charge is -2.14. The summed E-state index contributed by atoms with van der Waals surface area (Å²) in [5.41, 5.74) is 1.95. The SMILES string of the molecule is Cn1nnnc1-c1ccc(-c2ccc(N3C[C@H](Cn4ccnn4)OC3=O)cc2F)cn1. The van der Waals surface area contributed by atoms with E-state index in [-0.39, 0.29) is 0 Å². The Hall–Kier alpha value is -4.22. The topological polar surface area (TPSA) is 117 Å². The van der Waals surface area contributed by atoms with Crippen molar-refractivity contribution < 1.29 is 13.9 Å². The molecule has 4 heterocycles. The quantitative estimate of drug-likeness (QED) is 0.478. The van der Waals surface area contributed by atoms with Gasteiger partial charge in [0.15, 0.2) is 5.82 Å². The van der Waals surface area contributed by atoms with Crippen LogP contribution in [-0.4, -0.2) is 58.9 Å². The number of amides is 1. The summed E-state index contributed by atoms with van der Waals surface area (Å²) in [6.45, 7) is 0.668. The van der Waals surface area contributed by atoms with Gasteiger partial charge in [-0.2, -0.15) is 0 Å². The molecule has 11 nitrogen and oxygen atoms in total. The zero-order chi connectivity index (χ0) is 21.4. The van der Waals surface area contributed by atoms with E-state index in [1.54, 1.807) is 54.6 Å². The smallest absolute Gasteiger partial charge is 0.414 e. The molecular weight excluding hydrogens is 405 g/mol. The van der Waals surface area contributed by atoms with Gasteiger partial charge >= 0.3 is 6.09 Å². The number of nitrogens with zero attached hydrogens (tertiary/aromatic N) is 9. The number of tetrazole rings is 1. The molecule has 0 radical (unpaired) electrons. The number of hydrogen-bond acceptors (Lipinski definition) is 8. The number of pyridine rings is 1. The van der Waals surface area contributed by atoms with Crippen LogP contribution in [0, 0.1) is 5.82 Å². The van der Waals surface area contributed by atoms with E-state index in [0.717, 1.165) is 0 Å². The van der Waals surface area contributed by atoms with E-state index in [1.807, 2.05) is 0 Å². The second-order valence-electron chi connectivity index (χ2n) is 6.96. The third-order valence-corrected chi connectivity index (χ3v) is 4.92. The van der Waals surface area contributed by atoms with Crippen LogP contribution in [0.3, 0.4) is 0 Å². The van der Waals surface area contributed by atoms with Crippen molar-refractivity contribution >= 4 is 11.8 Å². The number of cyclic esters (lactones) is 1. The molecule has 4 aromatic rings. The minimum atomic E-state index is -0.527. The minimum absolute atomic E-state index is 0.291. The lowest BCUT2D eigenvalue weighted by atomic mass is 10.1. The summed E-state index contributed by atoms with van der Waals surface area (Å²) in [4.78, 5) is 18.0. The highest BCUT2D eigenvalue weighted by Gasteiger charge is 2.33. The van der Waals surface area contributed by atoms with Crippen LogP contribution in [0.15, 0.2) is 48.9 Å². The van der Waals surface area contributed by atoms with Gasteiger partial charge in [-0.1, -0.05) is 11.3 Å². The minimum Gasteiger partial charge on any atom is -0.442 e. The van der Waals surface area contributed by atoms with E-state index in [1.165, 1.54) is 15.6 Å². The zero-order valence-electron chi connectivity index (χ0n) is 16.3.